The molecule has 1 aromatic carbocycles. The predicted octanol–water partition coefficient (Wildman–Crippen LogP) is 6.61. The Morgan fingerprint density at radius 2 is 1.22 bits per heavy atom. The molecule has 0 heterocycles. The smallest absolute Gasteiger partial charge is 0.164 e. The molecule has 0 aromatic heterocycles. The normalized spacial score (nSPS) is 19.2. The van der Waals surface area contributed by atoms with Crippen LogP contribution >= 0.6 is 0 Å². The van der Waals surface area contributed by atoms with E-state index in [2.05, 4.69) is 13.8 Å². The number of rotatable bonds is 12. The summed E-state index contributed by atoms with van der Waals surface area (Å²) < 4.78 is 0. The molecule has 2 fully saturated rings. The minimum atomic E-state index is -0.133. The van der Waals surface area contributed by atoms with E-state index in [0.717, 1.165) is 37.7 Å². The summed E-state index contributed by atoms with van der Waals surface area (Å²) >= 11 is 0. The van der Waals surface area contributed by atoms with Gasteiger partial charge >= 0.3 is 0 Å². The lowest BCUT2D eigenvalue weighted by atomic mass is 9.95. The zero-order valence-electron chi connectivity index (χ0n) is 17.3. The van der Waals surface area contributed by atoms with Crippen molar-refractivity contribution in [1.29, 1.82) is 0 Å². The van der Waals surface area contributed by atoms with Crippen molar-refractivity contribution in [2.24, 2.45) is 10.8 Å². The van der Waals surface area contributed by atoms with Crippen LogP contribution in [0.25, 0.3) is 0 Å². The van der Waals surface area contributed by atoms with Gasteiger partial charge in [0.15, 0.2) is 11.5 Å². The lowest BCUT2D eigenvalue weighted by Gasteiger charge is -2.14. The predicted molar refractivity (Wildman–Crippen MR) is 110 cm³/mol. The first kappa shape index (κ1) is 20.4. The Kier molecular flexibility index (Phi) is 6.28. The summed E-state index contributed by atoms with van der Waals surface area (Å²) in [6.07, 6.45) is 16.2. The summed E-state index contributed by atoms with van der Waals surface area (Å²) in [4.78, 5) is 0. The van der Waals surface area contributed by atoms with Crippen molar-refractivity contribution < 1.29 is 15.3 Å². The van der Waals surface area contributed by atoms with Crippen molar-refractivity contribution in [3.63, 3.8) is 0 Å². The van der Waals surface area contributed by atoms with Crippen LogP contribution in [-0.4, -0.2) is 15.3 Å². The zero-order chi connectivity index (χ0) is 19.5. The van der Waals surface area contributed by atoms with Gasteiger partial charge in [-0.3, -0.25) is 0 Å². The topological polar surface area (TPSA) is 60.7 Å². The molecular formula is C24H38O3. The van der Waals surface area contributed by atoms with Gasteiger partial charge in [0.25, 0.3) is 0 Å². The van der Waals surface area contributed by atoms with Crippen LogP contribution in [-0.2, 0) is 12.8 Å². The Hall–Kier alpha value is -1.38. The van der Waals surface area contributed by atoms with E-state index in [-0.39, 0.29) is 17.2 Å². The first-order valence-corrected chi connectivity index (χ1v) is 11.1. The van der Waals surface area contributed by atoms with E-state index in [1.807, 2.05) is 0 Å². The standard InChI is InChI=1S/C24H38O3/c1-23(13-14-23)11-7-4-3-5-9-18-17-20(25)22(27)19(21(18)26)10-6-8-12-24(2)15-16-24/h17,25-27H,3-16H2,1-2H3. The second-order valence-corrected chi connectivity index (χ2v) is 9.97. The maximum atomic E-state index is 10.6. The van der Waals surface area contributed by atoms with Crippen LogP contribution in [0.1, 0.15) is 102 Å². The molecule has 0 bridgehead atoms. The molecular weight excluding hydrogens is 336 g/mol. The number of unbranched alkanes of at least 4 members (excludes halogenated alkanes) is 4. The van der Waals surface area contributed by atoms with Gasteiger partial charge in [-0.2, -0.15) is 0 Å². The Morgan fingerprint density at radius 3 is 1.81 bits per heavy atom. The van der Waals surface area contributed by atoms with Crippen LogP contribution in [0.15, 0.2) is 6.07 Å². The van der Waals surface area contributed by atoms with Gasteiger partial charge < -0.3 is 15.3 Å². The number of hydrogen-bond acceptors (Lipinski definition) is 3. The molecule has 3 N–H and O–H groups in total. The Balaban J connectivity index is 1.45. The summed E-state index contributed by atoms with van der Waals surface area (Å²) in [7, 11) is 0. The van der Waals surface area contributed by atoms with Crippen molar-refractivity contribution >= 4 is 0 Å². The van der Waals surface area contributed by atoms with Crippen molar-refractivity contribution in [3.8, 4) is 17.2 Å². The van der Waals surface area contributed by atoms with E-state index in [4.69, 9.17) is 0 Å². The van der Waals surface area contributed by atoms with Gasteiger partial charge in [0.1, 0.15) is 5.75 Å². The average molecular weight is 375 g/mol. The van der Waals surface area contributed by atoms with Gasteiger partial charge in [-0.15, -0.1) is 0 Å². The Morgan fingerprint density at radius 1 is 0.704 bits per heavy atom. The fraction of sp³-hybridized carbons (Fsp3) is 0.750. The number of hydrogen-bond donors (Lipinski definition) is 3. The number of phenolic OH excluding ortho intramolecular Hbond substituents is 3. The molecule has 27 heavy (non-hydrogen) atoms. The highest BCUT2D eigenvalue weighted by molar-refractivity contribution is 5.56. The van der Waals surface area contributed by atoms with E-state index in [0.29, 0.717) is 22.8 Å². The first-order valence-electron chi connectivity index (χ1n) is 11.1. The van der Waals surface area contributed by atoms with Gasteiger partial charge in [0, 0.05) is 5.56 Å². The third-order valence-corrected chi connectivity index (χ3v) is 7.07. The molecule has 3 nitrogen and oxygen atoms in total. The monoisotopic (exact) mass is 374 g/mol. The summed E-state index contributed by atoms with van der Waals surface area (Å²) in [5, 5.41) is 30.9. The number of aromatic hydroxyl groups is 3. The highest BCUT2D eigenvalue weighted by atomic mass is 16.3. The average Bonchev–Trinajstić information content (AvgIpc) is 3.54. The van der Waals surface area contributed by atoms with Gasteiger partial charge in [-0.1, -0.05) is 39.5 Å². The molecule has 1 aromatic rings. The van der Waals surface area contributed by atoms with Gasteiger partial charge in [-0.05, 0) is 86.7 Å². The summed E-state index contributed by atoms with van der Waals surface area (Å²) in [6.45, 7) is 4.72. The number of phenols is 3. The summed E-state index contributed by atoms with van der Waals surface area (Å²) in [6, 6.07) is 1.55. The molecule has 2 aliphatic rings. The highest BCUT2D eigenvalue weighted by Gasteiger charge is 2.36. The van der Waals surface area contributed by atoms with Crippen LogP contribution in [0.3, 0.4) is 0 Å². The van der Waals surface area contributed by atoms with Crippen LogP contribution in [0.4, 0.5) is 0 Å². The van der Waals surface area contributed by atoms with Crippen LogP contribution in [0.2, 0.25) is 0 Å². The van der Waals surface area contributed by atoms with Crippen LogP contribution in [0.5, 0.6) is 17.2 Å². The fourth-order valence-corrected chi connectivity index (χ4v) is 4.19. The highest BCUT2D eigenvalue weighted by Crippen LogP contribution is 2.50. The lowest BCUT2D eigenvalue weighted by molar-refractivity contribution is 0.384. The van der Waals surface area contributed by atoms with E-state index < -0.39 is 0 Å². The fourth-order valence-electron chi connectivity index (χ4n) is 4.19. The molecule has 0 atom stereocenters. The molecule has 0 amide bonds. The van der Waals surface area contributed by atoms with Crippen LogP contribution in [0, 0.1) is 10.8 Å². The SMILES string of the molecule is CC1(CCCCCCc2cc(O)c(O)c(CCCCC3(C)CC3)c2O)CC1. The van der Waals surface area contributed by atoms with Crippen molar-refractivity contribution in [3.05, 3.63) is 17.2 Å². The van der Waals surface area contributed by atoms with Crippen LogP contribution < -0.4 is 0 Å². The largest absolute Gasteiger partial charge is 0.507 e. The Bertz CT molecular complexity index is 642. The minimum absolute atomic E-state index is 0.0892. The van der Waals surface area contributed by atoms with Gasteiger partial charge in [0.2, 0.25) is 0 Å². The molecule has 2 saturated carbocycles. The van der Waals surface area contributed by atoms with Gasteiger partial charge in [0.05, 0.1) is 0 Å². The molecule has 0 spiro atoms. The molecule has 2 aliphatic carbocycles. The minimum Gasteiger partial charge on any atom is -0.507 e. The molecule has 0 radical (unpaired) electrons. The molecule has 3 heteroatoms. The molecule has 0 saturated heterocycles. The van der Waals surface area contributed by atoms with E-state index >= 15 is 0 Å². The Labute approximate surface area is 164 Å². The van der Waals surface area contributed by atoms with E-state index in [1.54, 1.807) is 6.07 Å². The van der Waals surface area contributed by atoms with Gasteiger partial charge in [-0.25, -0.2) is 0 Å². The number of aryl methyl sites for hydroxylation is 1. The zero-order valence-corrected chi connectivity index (χ0v) is 17.3. The van der Waals surface area contributed by atoms with Crippen molar-refractivity contribution in [1.82, 2.24) is 0 Å². The quantitative estimate of drug-likeness (QED) is 0.219. The lowest BCUT2D eigenvalue weighted by Crippen LogP contribution is -1.97. The van der Waals surface area contributed by atoms with E-state index in [1.165, 1.54) is 51.4 Å². The molecule has 3 rings (SSSR count). The van der Waals surface area contributed by atoms with Crippen molar-refractivity contribution in [2.45, 2.75) is 104 Å². The second-order valence-electron chi connectivity index (χ2n) is 9.97. The maximum absolute atomic E-state index is 10.6. The third kappa shape index (κ3) is 5.80. The van der Waals surface area contributed by atoms with Crippen molar-refractivity contribution in [2.75, 3.05) is 0 Å². The molecule has 0 aliphatic heterocycles. The summed E-state index contributed by atoms with van der Waals surface area (Å²) in [5.41, 5.74) is 2.51. The molecule has 0 unspecified atom stereocenters. The number of benzene rings is 1. The maximum Gasteiger partial charge on any atom is 0.164 e. The third-order valence-electron chi connectivity index (χ3n) is 7.07. The molecule has 152 valence electrons. The van der Waals surface area contributed by atoms with E-state index in [9.17, 15) is 15.3 Å². The first-order chi connectivity index (χ1) is 12.8. The second kappa shape index (κ2) is 8.32. The summed E-state index contributed by atoms with van der Waals surface area (Å²) in [5.74, 6) is -0.0198.